The summed E-state index contributed by atoms with van der Waals surface area (Å²) in [5.41, 5.74) is 2.22. The van der Waals surface area contributed by atoms with Crippen LogP contribution in [0.15, 0.2) is 36.4 Å². The highest BCUT2D eigenvalue weighted by molar-refractivity contribution is 7.14. The minimum atomic E-state index is -0.00552. The zero-order valence-corrected chi connectivity index (χ0v) is 17.7. The van der Waals surface area contributed by atoms with E-state index in [-0.39, 0.29) is 11.8 Å². The van der Waals surface area contributed by atoms with Gasteiger partial charge in [0.05, 0.1) is 11.4 Å². The quantitative estimate of drug-likeness (QED) is 0.833. The number of carbonyl (C=O) groups is 2. The second kappa shape index (κ2) is 9.55. The molecule has 0 bridgehead atoms. The lowest BCUT2D eigenvalue weighted by molar-refractivity contribution is -0.117. The Morgan fingerprint density at radius 3 is 2.41 bits per heavy atom. The smallest absolute Gasteiger partial charge is 0.264 e. The first-order valence-corrected chi connectivity index (χ1v) is 11.5. The van der Waals surface area contributed by atoms with Crippen LogP contribution in [0.5, 0.6) is 0 Å². The van der Waals surface area contributed by atoms with Gasteiger partial charge in [-0.05, 0) is 49.4 Å². The molecule has 2 aromatic rings. The fourth-order valence-corrected chi connectivity index (χ4v) is 5.36. The molecule has 0 radical (unpaired) electrons. The lowest BCUT2D eigenvalue weighted by atomic mass is 10.00. The van der Waals surface area contributed by atoms with Gasteiger partial charge in [-0.15, -0.1) is 11.3 Å². The summed E-state index contributed by atoms with van der Waals surface area (Å²) in [5.74, 6) is 0.157. The van der Waals surface area contributed by atoms with Crippen LogP contribution in [-0.4, -0.2) is 54.3 Å². The molecule has 2 heterocycles. The number of carbonyl (C=O) groups excluding carboxylic acids is 2. The maximum atomic E-state index is 13.0. The number of thiophene rings is 1. The summed E-state index contributed by atoms with van der Waals surface area (Å²) < 4.78 is 0. The topological polar surface area (TPSA) is 52.7 Å². The van der Waals surface area contributed by atoms with Gasteiger partial charge in [-0.3, -0.25) is 14.5 Å². The Balaban J connectivity index is 1.28. The molecule has 1 N–H and O–H groups in total. The predicted octanol–water partition coefficient (Wildman–Crippen LogP) is 3.80. The molecule has 0 atom stereocenters. The summed E-state index contributed by atoms with van der Waals surface area (Å²) >= 11 is 1.70. The van der Waals surface area contributed by atoms with Crippen LogP contribution in [0.25, 0.3) is 0 Å². The maximum Gasteiger partial charge on any atom is 0.264 e. The Bertz CT molecular complexity index is 816. The largest absolute Gasteiger partial charge is 0.335 e. The van der Waals surface area contributed by atoms with Crippen LogP contribution in [0.1, 0.15) is 45.8 Å². The number of benzene rings is 1. The molecule has 0 unspecified atom stereocenters. The first-order valence-electron chi connectivity index (χ1n) is 10.7. The lowest BCUT2D eigenvalue weighted by Crippen LogP contribution is -2.50. The molecule has 1 aromatic carbocycles. The van der Waals surface area contributed by atoms with Crippen molar-refractivity contribution in [1.29, 1.82) is 0 Å². The van der Waals surface area contributed by atoms with Gasteiger partial charge in [0, 0.05) is 36.7 Å². The molecule has 1 aliphatic carbocycles. The highest BCUT2D eigenvalue weighted by Gasteiger charge is 2.25. The molecule has 1 aromatic heterocycles. The van der Waals surface area contributed by atoms with E-state index in [1.54, 1.807) is 11.3 Å². The molecule has 29 heavy (non-hydrogen) atoms. The number of anilines is 1. The van der Waals surface area contributed by atoms with E-state index in [2.05, 4.69) is 16.3 Å². The number of amides is 2. The first-order chi connectivity index (χ1) is 14.2. The van der Waals surface area contributed by atoms with Crippen molar-refractivity contribution in [3.63, 3.8) is 0 Å². The highest BCUT2D eigenvalue weighted by Crippen LogP contribution is 2.29. The molecule has 4 rings (SSSR count). The molecule has 1 fully saturated rings. The Morgan fingerprint density at radius 1 is 0.931 bits per heavy atom. The average Bonchev–Trinajstić information content (AvgIpc) is 3.10. The molecule has 0 spiro atoms. The third-order valence-electron chi connectivity index (χ3n) is 5.79. The summed E-state index contributed by atoms with van der Waals surface area (Å²) in [7, 11) is 0. The van der Waals surface area contributed by atoms with Crippen molar-refractivity contribution in [3.8, 4) is 0 Å². The van der Waals surface area contributed by atoms with Gasteiger partial charge in [0.2, 0.25) is 5.91 Å². The number of hydrogen-bond donors (Lipinski definition) is 1. The maximum absolute atomic E-state index is 13.0. The third kappa shape index (κ3) is 5.25. The van der Waals surface area contributed by atoms with Gasteiger partial charge >= 0.3 is 0 Å². The van der Waals surface area contributed by atoms with Crippen LogP contribution >= 0.6 is 11.3 Å². The van der Waals surface area contributed by atoms with Crippen LogP contribution in [-0.2, 0) is 17.6 Å². The normalized spacial score (nSPS) is 17.9. The van der Waals surface area contributed by atoms with Crippen molar-refractivity contribution in [2.24, 2.45) is 0 Å². The molecule has 2 amide bonds. The Morgan fingerprint density at radius 2 is 1.66 bits per heavy atom. The Labute approximate surface area is 176 Å². The van der Waals surface area contributed by atoms with Crippen LogP contribution in [0.4, 0.5) is 5.69 Å². The Kier molecular flexibility index (Phi) is 6.62. The third-order valence-corrected chi connectivity index (χ3v) is 7.02. The summed E-state index contributed by atoms with van der Waals surface area (Å²) in [4.78, 5) is 31.6. The SMILES string of the molecule is O=C(CN1CCN(C(=O)c2cc3c(s2)CCCCCC3)CC1)Nc1ccccc1. The highest BCUT2D eigenvalue weighted by atomic mass is 32.1. The number of rotatable bonds is 4. The molecule has 0 saturated carbocycles. The average molecular weight is 412 g/mol. The van der Waals surface area contributed by atoms with Crippen LogP contribution < -0.4 is 5.32 Å². The van der Waals surface area contributed by atoms with Crippen molar-refractivity contribution in [1.82, 2.24) is 9.80 Å². The fourth-order valence-electron chi connectivity index (χ4n) is 4.14. The number of aryl methyl sites for hydroxylation is 2. The van der Waals surface area contributed by atoms with Crippen LogP contribution in [0.2, 0.25) is 0 Å². The zero-order valence-electron chi connectivity index (χ0n) is 16.9. The molecule has 154 valence electrons. The second-order valence-electron chi connectivity index (χ2n) is 7.96. The van der Waals surface area contributed by atoms with Gasteiger partial charge in [0.15, 0.2) is 0 Å². The summed E-state index contributed by atoms with van der Waals surface area (Å²) in [5, 5.41) is 2.93. The second-order valence-corrected chi connectivity index (χ2v) is 9.09. The molecule has 5 nitrogen and oxygen atoms in total. The number of hydrogen-bond acceptors (Lipinski definition) is 4. The molecule has 6 heteroatoms. The van der Waals surface area contributed by atoms with Gasteiger partial charge in [-0.25, -0.2) is 0 Å². The van der Waals surface area contributed by atoms with E-state index in [9.17, 15) is 9.59 Å². The van der Waals surface area contributed by atoms with Crippen molar-refractivity contribution < 1.29 is 9.59 Å². The summed E-state index contributed by atoms with van der Waals surface area (Å²) in [6.07, 6.45) is 7.33. The van der Waals surface area contributed by atoms with Gasteiger partial charge in [-0.2, -0.15) is 0 Å². The minimum absolute atomic E-state index is 0.00552. The summed E-state index contributed by atoms with van der Waals surface area (Å²) in [6, 6.07) is 11.7. The molecule has 2 aliphatic rings. The van der Waals surface area contributed by atoms with E-state index in [1.165, 1.54) is 36.1 Å². The van der Waals surface area contributed by atoms with E-state index in [1.807, 2.05) is 35.2 Å². The van der Waals surface area contributed by atoms with E-state index in [0.717, 1.165) is 36.5 Å². The molecular formula is C23H29N3O2S. The minimum Gasteiger partial charge on any atom is -0.335 e. The molecule has 1 aliphatic heterocycles. The van der Waals surface area contributed by atoms with Gasteiger partial charge in [0.1, 0.15) is 0 Å². The van der Waals surface area contributed by atoms with Gasteiger partial charge in [0.25, 0.3) is 5.91 Å². The number of fused-ring (bicyclic) bond motifs is 1. The van der Waals surface area contributed by atoms with Crippen LogP contribution in [0.3, 0.4) is 0 Å². The predicted molar refractivity (Wildman–Crippen MR) is 118 cm³/mol. The van der Waals surface area contributed by atoms with Crippen molar-refractivity contribution in [2.75, 3.05) is 38.0 Å². The van der Waals surface area contributed by atoms with Crippen molar-refractivity contribution in [2.45, 2.75) is 38.5 Å². The number of nitrogens with zero attached hydrogens (tertiary/aromatic N) is 2. The van der Waals surface area contributed by atoms with E-state index >= 15 is 0 Å². The van der Waals surface area contributed by atoms with E-state index in [4.69, 9.17) is 0 Å². The number of para-hydroxylation sites is 1. The van der Waals surface area contributed by atoms with E-state index in [0.29, 0.717) is 19.6 Å². The van der Waals surface area contributed by atoms with Gasteiger partial charge < -0.3 is 10.2 Å². The van der Waals surface area contributed by atoms with Gasteiger partial charge in [-0.1, -0.05) is 31.0 Å². The Hall–Kier alpha value is -2.18. The van der Waals surface area contributed by atoms with Crippen molar-refractivity contribution >= 4 is 28.8 Å². The molecular weight excluding hydrogens is 382 g/mol. The van der Waals surface area contributed by atoms with Crippen LogP contribution in [0, 0.1) is 0 Å². The monoisotopic (exact) mass is 411 g/mol. The molecule has 1 saturated heterocycles. The lowest BCUT2D eigenvalue weighted by Gasteiger charge is -2.34. The van der Waals surface area contributed by atoms with E-state index < -0.39 is 0 Å². The standard InChI is InChI=1S/C23H29N3O2S/c27-22(24-19-9-5-3-6-10-19)17-25-12-14-26(15-13-25)23(28)21-16-18-8-4-1-2-7-11-20(18)29-21/h3,5-6,9-10,16H,1-2,4,7-8,11-15,17H2,(H,24,27). The number of piperazine rings is 1. The fraction of sp³-hybridized carbons (Fsp3) is 0.478. The first kappa shape index (κ1) is 20.1. The zero-order chi connectivity index (χ0) is 20.1. The number of nitrogens with one attached hydrogen (secondary N) is 1. The summed E-state index contributed by atoms with van der Waals surface area (Å²) in [6.45, 7) is 3.20. The van der Waals surface area contributed by atoms with Crippen molar-refractivity contribution in [3.05, 3.63) is 51.7 Å².